The zero-order valence-electron chi connectivity index (χ0n) is 10.6. The fourth-order valence-corrected chi connectivity index (χ4v) is 3.34. The predicted molar refractivity (Wildman–Crippen MR) is 71.5 cm³/mol. The summed E-state index contributed by atoms with van der Waals surface area (Å²) in [6, 6.07) is 1.97. The quantitative estimate of drug-likeness (QED) is 0.850. The highest BCUT2D eigenvalue weighted by atomic mass is 35.5. The Balaban J connectivity index is 2.13. The summed E-state index contributed by atoms with van der Waals surface area (Å²) < 4.78 is 11.3. The van der Waals surface area contributed by atoms with Crippen LogP contribution >= 0.6 is 11.6 Å². The minimum Gasteiger partial charge on any atom is -0.486 e. The van der Waals surface area contributed by atoms with Crippen molar-refractivity contribution in [2.24, 2.45) is 5.73 Å². The van der Waals surface area contributed by atoms with Crippen molar-refractivity contribution in [1.82, 2.24) is 0 Å². The van der Waals surface area contributed by atoms with Gasteiger partial charge >= 0.3 is 0 Å². The van der Waals surface area contributed by atoms with Crippen molar-refractivity contribution in [2.75, 3.05) is 13.2 Å². The van der Waals surface area contributed by atoms with Crippen LogP contribution in [-0.2, 0) is 5.54 Å². The minimum atomic E-state index is -0.246. The molecule has 1 aliphatic heterocycles. The van der Waals surface area contributed by atoms with Gasteiger partial charge in [0.1, 0.15) is 13.2 Å². The maximum absolute atomic E-state index is 6.53. The lowest BCUT2D eigenvalue weighted by Crippen LogP contribution is -2.34. The monoisotopic (exact) mass is 267 g/mol. The van der Waals surface area contributed by atoms with Crippen LogP contribution in [0.1, 0.15) is 36.8 Å². The molecular weight excluding hydrogens is 250 g/mol. The van der Waals surface area contributed by atoms with Gasteiger partial charge in [-0.1, -0.05) is 24.4 Å². The molecule has 1 aromatic carbocycles. The van der Waals surface area contributed by atoms with E-state index in [1.54, 1.807) is 0 Å². The van der Waals surface area contributed by atoms with Gasteiger partial charge in [-0.15, -0.1) is 0 Å². The molecule has 18 heavy (non-hydrogen) atoms. The molecule has 4 heteroatoms. The summed E-state index contributed by atoms with van der Waals surface area (Å²) in [6.45, 7) is 3.18. The van der Waals surface area contributed by atoms with Crippen molar-refractivity contribution in [3.8, 4) is 11.5 Å². The first-order chi connectivity index (χ1) is 8.62. The van der Waals surface area contributed by atoms with E-state index in [0.29, 0.717) is 24.0 Å². The van der Waals surface area contributed by atoms with Crippen LogP contribution in [-0.4, -0.2) is 13.2 Å². The normalized spacial score (nSPS) is 21.1. The van der Waals surface area contributed by atoms with Gasteiger partial charge in [-0.2, -0.15) is 0 Å². The van der Waals surface area contributed by atoms with Crippen molar-refractivity contribution in [3.05, 3.63) is 22.2 Å². The molecule has 0 atom stereocenters. The van der Waals surface area contributed by atoms with Gasteiger partial charge in [0.15, 0.2) is 11.5 Å². The van der Waals surface area contributed by atoms with Crippen molar-refractivity contribution in [2.45, 2.75) is 38.1 Å². The lowest BCUT2D eigenvalue weighted by atomic mass is 9.85. The molecule has 2 N–H and O–H groups in total. The molecular formula is C14H18ClNO2. The summed E-state index contributed by atoms with van der Waals surface area (Å²) in [5.41, 5.74) is 8.48. The first-order valence-corrected chi connectivity index (χ1v) is 6.88. The van der Waals surface area contributed by atoms with Crippen molar-refractivity contribution in [3.63, 3.8) is 0 Å². The average Bonchev–Trinajstić information content (AvgIpc) is 2.82. The van der Waals surface area contributed by atoms with Crippen molar-refractivity contribution in [1.29, 1.82) is 0 Å². The fourth-order valence-electron chi connectivity index (χ4n) is 3.09. The second-order valence-electron chi connectivity index (χ2n) is 5.25. The highest BCUT2D eigenvalue weighted by Gasteiger charge is 2.35. The van der Waals surface area contributed by atoms with E-state index in [4.69, 9.17) is 26.8 Å². The molecule has 98 valence electrons. The third kappa shape index (κ3) is 1.77. The molecule has 0 saturated heterocycles. The number of hydrogen-bond donors (Lipinski definition) is 1. The largest absolute Gasteiger partial charge is 0.486 e. The topological polar surface area (TPSA) is 44.5 Å². The number of benzene rings is 1. The molecule has 0 radical (unpaired) electrons. The van der Waals surface area contributed by atoms with Crippen LogP contribution in [0.15, 0.2) is 6.07 Å². The van der Waals surface area contributed by atoms with E-state index in [0.717, 1.165) is 29.7 Å². The third-order valence-electron chi connectivity index (χ3n) is 4.05. The Morgan fingerprint density at radius 3 is 2.44 bits per heavy atom. The van der Waals surface area contributed by atoms with Gasteiger partial charge < -0.3 is 15.2 Å². The lowest BCUT2D eigenvalue weighted by molar-refractivity contribution is 0.170. The highest BCUT2D eigenvalue weighted by Crippen LogP contribution is 2.47. The molecule has 3 rings (SSSR count). The van der Waals surface area contributed by atoms with Gasteiger partial charge in [0.2, 0.25) is 0 Å². The van der Waals surface area contributed by atoms with Crippen LogP contribution in [0.3, 0.4) is 0 Å². The molecule has 1 fully saturated rings. The number of fused-ring (bicyclic) bond motifs is 1. The van der Waals surface area contributed by atoms with Crippen LogP contribution in [0, 0.1) is 6.92 Å². The van der Waals surface area contributed by atoms with Crippen LogP contribution in [0.25, 0.3) is 0 Å². The molecule has 1 aliphatic carbocycles. The zero-order valence-corrected chi connectivity index (χ0v) is 11.3. The summed E-state index contributed by atoms with van der Waals surface area (Å²) in [4.78, 5) is 0. The highest BCUT2D eigenvalue weighted by molar-refractivity contribution is 6.32. The minimum absolute atomic E-state index is 0.246. The molecule has 0 bridgehead atoms. The SMILES string of the molecule is Cc1c(C2(N)CCCC2)cc(Cl)c2c1OCCO2. The fraction of sp³-hybridized carbons (Fsp3) is 0.571. The Morgan fingerprint density at radius 1 is 1.17 bits per heavy atom. The molecule has 0 spiro atoms. The Hall–Kier alpha value is -0.930. The van der Waals surface area contributed by atoms with Crippen molar-refractivity contribution >= 4 is 11.6 Å². The van der Waals surface area contributed by atoms with Gasteiger partial charge in [0.25, 0.3) is 0 Å². The summed E-state index contributed by atoms with van der Waals surface area (Å²) in [5.74, 6) is 1.45. The molecule has 1 aromatic rings. The Labute approximate surface area is 112 Å². The number of halogens is 1. The Morgan fingerprint density at radius 2 is 1.78 bits per heavy atom. The Bertz CT molecular complexity index is 481. The molecule has 0 amide bonds. The Kier molecular flexibility index (Phi) is 2.91. The first kappa shape index (κ1) is 12.1. The van der Waals surface area contributed by atoms with Crippen LogP contribution in [0.2, 0.25) is 5.02 Å². The van der Waals surface area contributed by atoms with E-state index in [9.17, 15) is 0 Å². The summed E-state index contributed by atoms with van der Waals surface area (Å²) in [7, 11) is 0. The van der Waals surface area contributed by atoms with Gasteiger partial charge in [0, 0.05) is 11.1 Å². The van der Waals surface area contributed by atoms with Gasteiger partial charge in [-0.25, -0.2) is 0 Å². The van der Waals surface area contributed by atoms with Gasteiger partial charge in [0.05, 0.1) is 5.02 Å². The molecule has 0 aromatic heterocycles. The third-order valence-corrected chi connectivity index (χ3v) is 4.33. The number of hydrogen-bond acceptors (Lipinski definition) is 3. The van der Waals surface area contributed by atoms with Gasteiger partial charge in [-0.3, -0.25) is 0 Å². The maximum Gasteiger partial charge on any atom is 0.180 e. The van der Waals surface area contributed by atoms with E-state index in [1.807, 2.05) is 13.0 Å². The predicted octanol–water partition coefficient (Wildman–Crippen LogP) is 3.15. The lowest BCUT2D eigenvalue weighted by Gasteiger charge is -2.30. The summed E-state index contributed by atoms with van der Waals surface area (Å²) in [5, 5.41) is 0.613. The van der Waals surface area contributed by atoms with Crippen LogP contribution in [0.4, 0.5) is 0 Å². The van der Waals surface area contributed by atoms with E-state index in [2.05, 4.69) is 0 Å². The smallest absolute Gasteiger partial charge is 0.180 e. The van der Waals surface area contributed by atoms with Crippen molar-refractivity contribution < 1.29 is 9.47 Å². The van der Waals surface area contributed by atoms with E-state index < -0.39 is 0 Å². The molecule has 0 unspecified atom stereocenters. The van der Waals surface area contributed by atoms with E-state index in [1.165, 1.54) is 12.8 Å². The van der Waals surface area contributed by atoms with Crippen LogP contribution in [0.5, 0.6) is 11.5 Å². The van der Waals surface area contributed by atoms with Crippen LogP contribution < -0.4 is 15.2 Å². The second-order valence-corrected chi connectivity index (χ2v) is 5.66. The summed E-state index contributed by atoms with van der Waals surface area (Å²) >= 11 is 6.30. The van der Waals surface area contributed by atoms with Gasteiger partial charge in [-0.05, 0) is 31.4 Å². The second kappa shape index (κ2) is 4.32. The maximum atomic E-state index is 6.53. The number of rotatable bonds is 1. The average molecular weight is 268 g/mol. The molecule has 3 nitrogen and oxygen atoms in total. The first-order valence-electron chi connectivity index (χ1n) is 6.50. The van der Waals surface area contributed by atoms with E-state index >= 15 is 0 Å². The summed E-state index contributed by atoms with van der Waals surface area (Å²) in [6.07, 6.45) is 4.40. The number of ether oxygens (including phenoxy) is 2. The number of nitrogens with two attached hydrogens (primary N) is 1. The molecule has 1 heterocycles. The zero-order chi connectivity index (χ0) is 12.8. The standard InChI is InChI=1S/C14H18ClNO2/c1-9-10(14(16)4-2-3-5-14)8-11(15)13-12(9)17-6-7-18-13/h8H,2-7,16H2,1H3. The molecule has 2 aliphatic rings. The van der Waals surface area contributed by atoms with E-state index in [-0.39, 0.29) is 5.54 Å². The molecule has 1 saturated carbocycles.